The van der Waals surface area contributed by atoms with Gasteiger partial charge < -0.3 is 10.5 Å². The molecule has 2 saturated heterocycles. The SMILES string of the molecule is CC12CCC(CC1=NO)C(C)(C)N2.Cl. The molecule has 1 saturated carbocycles. The summed E-state index contributed by atoms with van der Waals surface area (Å²) in [6, 6.07) is 0. The fourth-order valence-corrected chi connectivity index (χ4v) is 2.88. The van der Waals surface area contributed by atoms with Gasteiger partial charge in [0.15, 0.2) is 0 Å². The highest BCUT2D eigenvalue weighted by molar-refractivity contribution is 5.94. The minimum atomic E-state index is -0.0625. The Bertz CT molecular complexity index is 265. The highest BCUT2D eigenvalue weighted by atomic mass is 35.5. The van der Waals surface area contributed by atoms with Crippen LogP contribution in [0.5, 0.6) is 0 Å². The average Bonchev–Trinajstić information content (AvgIpc) is 2.01. The van der Waals surface area contributed by atoms with Gasteiger partial charge >= 0.3 is 0 Å². The number of rotatable bonds is 0. The first-order valence-corrected chi connectivity index (χ1v) is 4.99. The third-order valence-corrected chi connectivity index (χ3v) is 3.81. The summed E-state index contributed by atoms with van der Waals surface area (Å²) in [5, 5.41) is 15.9. The van der Waals surface area contributed by atoms with Crippen LogP contribution >= 0.6 is 12.4 Å². The molecule has 0 spiro atoms. The maximum Gasteiger partial charge on any atom is 0.0771 e. The Morgan fingerprint density at radius 2 is 2.07 bits per heavy atom. The first-order valence-electron chi connectivity index (χ1n) is 4.99. The summed E-state index contributed by atoms with van der Waals surface area (Å²) in [5.41, 5.74) is 1.07. The molecule has 2 N–H and O–H groups in total. The molecule has 2 aliphatic heterocycles. The molecule has 0 aromatic heterocycles. The Morgan fingerprint density at radius 3 is 2.50 bits per heavy atom. The Hall–Kier alpha value is -0.280. The van der Waals surface area contributed by atoms with Crippen LogP contribution in [-0.4, -0.2) is 22.0 Å². The molecule has 3 nitrogen and oxygen atoms in total. The molecule has 2 heterocycles. The number of piperidine rings is 2. The third kappa shape index (κ3) is 1.52. The molecule has 4 heteroatoms. The topological polar surface area (TPSA) is 44.6 Å². The maximum absolute atomic E-state index is 8.90. The van der Waals surface area contributed by atoms with Crippen LogP contribution in [0.4, 0.5) is 0 Å². The predicted molar refractivity (Wildman–Crippen MR) is 59.4 cm³/mol. The number of halogens is 1. The van der Waals surface area contributed by atoms with Gasteiger partial charge in [-0.3, -0.25) is 0 Å². The van der Waals surface area contributed by atoms with Gasteiger partial charge in [-0.1, -0.05) is 5.16 Å². The Kier molecular flexibility index (Phi) is 2.85. The molecule has 3 fully saturated rings. The number of hydrogen-bond donors (Lipinski definition) is 2. The van der Waals surface area contributed by atoms with Crippen molar-refractivity contribution in [3.8, 4) is 0 Å². The van der Waals surface area contributed by atoms with Gasteiger partial charge in [0.2, 0.25) is 0 Å². The Morgan fingerprint density at radius 1 is 1.43 bits per heavy atom. The lowest BCUT2D eigenvalue weighted by Crippen LogP contribution is -2.69. The summed E-state index contributed by atoms with van der Waals surface area (Å²) in [6.45, 7) is 6.62. The summed E-state index contributed by atoms with van der Waals surface area (Å²) in [7, 11) is 0. The lowest BCUT2D eigenvalue weighted by atomic mass is 9.63. The van der Waals surface area contributed by atoms with E-state index in [2.05, 4.69) is 31.2 Å². The van der Waals surface area contributed by atoms with Gasteiger partial charge in [-0.2, -0.15) is 0 Å². The zero-order chi connectivity index (χ0) is 9.69. The maximum atomic E-state index is 8.90. The van der Waals surface area contributed by atoms with Crippen LogP contribution in [0.2, 0.25) is 0 Å². The van der Waals surface area contributed by atoms with Gasteiger partial charge in [-0.05, 0) is 46.0 Å². The van der Waals surface area contributed by atoms with E-state index in [1.165, 1.54) is 6.42 Å². The van der Waals surface area contributed by atoms with Crippen LogP contribution in [0.15, 0.2) is 5.16 Å². The van der Waals surface area contributed by atoms with E-state index < -0.39 is 0 Å². The van der Waals surface area contributed by atoms with Crippen molar-refractivity contribution >= 4 is 18.1 Å². The smallest absolute Gasteiger partial charge is 0.0771 e. The van der Waals surface area contributed by atoms with E-state index in [0.29, 0.717) is 5.92 Å². The molecule has 3 rings (SSSR count). The first-order chi connectivity index (χ1) is 5.98. The van der Waals surface area contributed by atoms with Crippen molar-refractivity contribution in [3.63, 3.8) is 0 Å². The van der Waals surface area contributed by atoms with Gasteiger partial charge in [0.05, 0.1) is 11.3 Å². The number of fused-ring (bicyclic) bond motifs is 3. The molecule has 2 bridgehead atoms. The third-order valence-electron chi connectivity index (χ3n) is 3.81. The van der Waals surface area contributed by atoms with E-state index in [9.17, 15) is 0 Å². The summed E-state index contributed by atoms with van der Waals surface area (Å²) < 4.78 is 0. The minimum absolute atomic E-state index is 0. The predicted octanol–water partition coefficient (Wildman–Crippen LogP) is 2.18. The average molecular weight is 219 g/mol. The molecule has 2 atom stereocenters. The van der Waals surface area contributed by atoms with Crippen molar-refractivity contribution in [3.05, 3.63) is 0 Å². The normalized spacial score (nSPS) is 42.2. The van der Waals surface area contributed by atoms with E-state index in [1.807, 2.05) is 0 Å². The number of oxime groups is 1. The van der Waals surface area contributed by atoms with Crippen molar-refractivity contribution in [2.45, 2.75) is 51.1 Å². The molecule has 0 aromatic rings. The van der Waals surface area contributed by atoms with Crippen LogP contribution in [0, 0.1) is 5.92 Å². The van der Waals surface area contributed by atoms with Gasteiger partial charge in [-0.15, -0.1) is 12.4 Å². The van der Waals surface area contributed by atoms with Crippen LogP contribution in [0.1, 0.15) is 40.0 Å². The van der Waals surface area contributed by atoms with Crippen molar-refractivity contribution in [2.24, 2.45) is 11.1 Å². The second-order valence-corrected chi connectivity index (χ2v) is 5.17. The summed E-state index contributed by atoms with van der Waals surface area (Å²) in [5.74, 6) is 0.625. The zero-order valence-corrected chi connectivity index (χ0v) is 9.82. The van der Waals surface area contributed by atoms with Crippen LogP contribution in [0.25, 0.3) is 0 Å². The Balaban J connectivity index is 0.000000980. The number of hydrogen-bond acceptors (Lipinski definition) is 3. The van der Waals surface area contributed by atoms with Crippen molar-refractivity contribution in [1.29, 1.82) is 0 Å². The number of nitrogens with zero attached hydrogens (tertiary/aromatic N) is 1. The molecule has 82 valence electrons. The molecular weight excluding hydrogens is 200 g/mol. The van der Waals surface area contributed by atoms with Crippen molar-refractivity contribution in [2.75, 3.05) is 0 Å². The van der Waals surface area contributed by atoms with E-state index >= 15 is 0 Å². The molecular formula is C10H19ClN2O. The molecule has 0 amide bonds. The lowest BCUT2D eigenvalue weighted by Gasteiger charge is -2.55. The largest absolute Gasteiger partial charge is 0.411 e. The van der Waals surface area contributed by atoms with Gasteiger partial charge in [-0.25, -0.2) is 0 Å². The fourth-order valence-electron chi connectivity index (χ4n) is 2.88. The van der Waals surface area contributed by atoms with Crippen molar-refractivity contribution < 1.29 is 5.21 Å². The highest BCUT2D eigenvalue weighted by Gasteiger charge is 2.50. The summed E-state index contributed by atoms with van der Waals surface area (Å²) in [4.78, 5) is 0. The lowest BCUT2D eigenvalue weighted by molar-refractivity contribution is 0.107. The van der Waals surface area contributed by atoms with Crippen molar-refractivity contribution in [1.82, 2.24) is 5.32 Å². The summed E-state index contributed by atoms with van der Waals surface area (Å²) >= 11 is 0. The molecule has 1 aliphatic carbocycles. The van der Waals surface area contributed by atoms with E-state index in [1.54, 1.807) is 0 Å². The fraction of sp³-hybridized carbons (Fsp3) is 0.900. The second kappa shape index (κ2) is 3.38. The van der Waals surface area contributed by atoms with Gasteiger partial charge in [0.25, 0.3) is 0 Å². The molecule has 0 radical (unpaired) electrons. The van der Waals surface area contributed by atoms with E-state index in [-0.39, 0.29) is 23.5 Å². The molecule has 2 unspecified atom stereocenters. The highest BCUT2D eigenvalue weighted by Crippen LogP contribution is 2.43. The first kappa shape index (κ1) is 11.8. The van der Waals surface area contributed by atoms with Crippen LogP contribution in [-0.2, 0) is 0 Å². The van der Waals surface area contributed by atoms with Crippen LogP contribution < -0.4 is 5.32 Å². The Labute approximate surface area is 91.4 Å². The van der Waals surface area contributed by atoms with E-state index in [0.717, 1.165) is 18.6 Å². The standard InChI is InChI=1S/C10H18N2O.ClH/c1-9(2)7-4-5-10(3,12-9)8(6-7)11-13;/h7,12-13H,4-6H2,1-3H3;1H. The summed E-state index contributed by atoms with van der Waals surface area (Å²) in [6.07, 6.45) is 3.29. The van der Waals surface area contributed by atoms with Gasteiger partial charge in [0.1, 0.15) is 0 Å². The molecule has 3 aliphatic rings. The zero-order valence-electron chi connectivity index (χ0n) is 9.00. The minimum Gasteiger partial charge on any atom is -0.411 e. The van der Waals surface area contributed by atoms with Gasteiger partial charge in [0, 0.05) is 5.54 Å². The molecule has 14 heavy (non-hydrogen) atoms. The van der Waals surface area contributed by atoms with E-state index in [4.69, 9.17) is 5.21 Å². The number of nitrogens with one attached hydrogen (secondary N) is 1. The second-order valence-electron chi connectivity index (χ2n) is 5.17. The van der Waals surface area contributed by atoms with Crippen LogP contribution in [0.3, 0.4) is 0 Å². The monoisotopic (exact) mass is 218 g/mol. The molecule has 0 aromatic carbocycles. The quantitative estimate of drug-likeness (QED) is 0.484.